The highest BCUT2D eigenvalue weighted by atomic mass is 19.2. The molecule has 0 N–H and O–H groups in total. The van der Waals surface area contributed by atoms with E-state index in [1.54, 1.807) is 0 Å². The Bertz CT molecular complexity index is 590. The second-order valence-corrected chi connectivity index (χ2v) is 3.14. The van der Waals surface area contributed by atoms with Crippen molar-refractivity contribution >= 4 is 0 Å². The molecule has 2 rings (SSSR count). The van der Waals surface area contributed by atoms with Gasteiger partial charge in [-0.15, -0.1) is 0 Å². The molecule has 0 amide bonds. The molecule has 86 valence electrons. The first-order chi connectivity index (χ1) is 8.20. The van der Waals surface area contributed by atoms with Crippen LogP contribution in [0, 0.1) is 11.6 Å². The maximum Gasteiger partial charge on any atom is 0.200 e. The first-order valence-electron chi connectivity index (χ1n) is 4.61. The molecule has 0 saturated carbocycles. The van der Waals surface area contributed by atoms with Gasteiger partial charge in [0, 0.05) is 10.5 Å². The molecular weight excluding hydrogens is 230 g/mol. The van der Waals surface area contributed by atoms with Crippen molar-refractivity contribution in [2.75, 3.05) is 0 Å². The Balaban J connectivity index is 2.30. The van der Waals surface area contributed by atoms with Crippen molar-refractivity contribution in [3.8, 4) is 11.3 Å². The number of hydrogen-bond acceptors (Lipinski definition) is 3. The summed E-state index contributed by atoms with van der Waals surface area (Å²) in [5.41, 5.74) is 8.48. The number of halogens is 2. The lowest BCUT2D eigenvalue weighted by Gasteiger charge is -1.97. The molecular formula is C10H6F2N4O. The molecule has 0 aliphatic heterocycles. The zero-order chi connectivity index (χ0) is 12.3. The van der Waals surface area contributed by atoms with Crippen LogP contribution in [0.2, 0.25) is 0 Å². The van der Waals surface area contributed by atoms with Gasteiger partial charge in [-0.1, -0.05) is 5.11 Å². The van der Waals surface area contributed by atoms with Crippen molar-refractivity contribution in [3.63, 3.8) is 0 Å². The van der Waals surface area contributed by atoms with E-state index in [1.165, 1.54) is 12.3 Å². The Morgan fingerprint density at radius 2 is 2.18 bits per heavy atom. The van der Waals surface area contributed by atoms with Gasteiger partial charge in [0.1, 0.15) is 6.54 Å². The number of hydrogen-bond donors (Lipinski definition) is 0. The number of oxazole rings is 1. The number of nitrogens with zero attached hydrogens (tertiary/aromatic N) is 4. The standard InChI is InChI=1S/C10H6F2N4O/c11-7-2-1-6(3-8(7)12)9-4-14-10(17-9)5-15-16-13/h1-4H,5H2. The van der Waals surface area contributed by atoms with E-state index in [0.29, 0.717) is 5.56 Å². The van der Waals surface area contributed by atoms with Crippen LogP contribution in [0.1, 0.15) is 5.89 Å². The molecule has 2 aromatic rings. The van der Waals surface area contributed by atoms with Crippen molar-refractivity contribution in [1.29, 1.82) is 0 Å². The highest BCUT2D eigenvalue weighted by molar-refractivity contribution is 5.56. The summed E-state index contributed by atoms with van der Waals surface area (Å²) in [7, 11) is 0. The normalized spacial score (nSPS) is 10.0. The van der Waals surface area contributed by atoms with Crippen LogP contribution in [0.15, 0.2) is 33.9 Å². The smallest absolute Gasteiger partial charge is 0.200 e. The fraction of sp³-hybridized carbons (Fsp3) is 0.100. The Morgan fingerprint density at radius 1 is 1.35 bits per heavy atom. The summed E-state index contributed by atoms with van der Waals surface area (Å²) >= 11 is 0. The van der Waals surface area contributed by atoms with Gasteiger partial charge >= 0.3 is 0 Å². The highest BCUT2D eigenvalue weighted by Crippen LogP contribution is 2.22. The molecule has 7 heteroatoms. The van der Waals surface area contributed by atoms with E-state index < -0.39 is 11.6 Å². The fourth-order valence-electron chi connectivity index (χ4n) is 1.26. The number of rotatable bonds is 3. The SMILES string of the molecule is [N-]=[N+]=NCc1ncc(-c2ccc(F)c(F)c2)o1. The van der Waals surface area contributed by atoms with Gasteiger partial charge < -0.3 is 4.42 Å². The third kappa shape index (κ3) is 2.40. The van der Waals surface area contributed by atoms with E-state index in [-0.39, 0.29) is 18.2 Å². The Kier molecular flexibility index (Phi) is 3.02. The van der Waals surface area contributed by atoms with Crippen molar-refractivity contribution in [2.45, 2.75) is 6.54 Å². The Labute approximate surface area is 94.3 Å². The second kappa shape index (κ2) is 4.63. The predicted molar refractivity (Wildman–Crippen MR) is 54.7 cm³/mol. The van der Waals surface area contributed by atoms with Crippen LogP contribution in [0.4, 0.5) is 8.78 Å². The highest BCUT2D eigenvalue weighted by Gasteiger charge is 2.09. The van der Waals surface area contributed by atoms with Crippen LogP contribution in [0.25, 0.3) is 21.8 Å². The maximum absolute atomic E-state index is 13.0. The van der Waals surface area contributed by atoms with Gasteiger partial charge in [0.2, 0.25) is 5.89 Å². The van der Waals surface area contributed by atoms with Crippen molar-refractivity contribution in [2.24, 2.45) is 5.11 Å². The average Bonchev–Trinajstić information content (AvgIpc) is 2.79. The third-order valence-electron chi connectivity index (χ3n) is 2.03. The molecule has 0 saturated heterocycles. The molecule has 0 fully saturated rings. The summed E-state index contributed by atoms with van der Waals surface area (Å²) in [6.45, 7) is -0.0276. The zero-order valence-electron chi connectivity index (χ0n) is 8.47. The molecule has 0 aliphatic carbocycles. The van der Waals surface area contributed by atoms with Crippen LogP contribution in [-0.4, -0.2) is 4.98 Å². The van der Waals surface area contributed by atoms with E-state index in [1.807, 2.05) is 0 Å². The van der Waals surface area contributed by atoms with E-state index in [9.17, 15) is 8.78 Å². The summed E-state index contributed by atoms with van der Waals surface area (Å²) in [6.07, 6.45) is 1.36. The largest absolute Gasteiger partial charge is 0.441 e. The first-order valence-corrected chi connectivity index (χ1v) is 4.61. The molecule has 0 radical (unpaired) electrons. The molecule has 0 spiro atoms. The monoisotopic (exact) mass is 236 g/mol. The number of aromatic nitrogens is 1. The van der Waals surface area contributed by atoms with Gasteiger partial charge in [0.15, 0.2) is 17.4 Å². The van der Waals surface area contributed by atoms with Crippen LogP contribution in [-0.2, 0) is 6.54 Å². The molecule has 1 aromatic carbocycles. The van der Waals surface area contributed by atoms with Gasteiger partial charge in [0.05, 0.1) is 6.20 Å². The van der Waals surface area contributed by atoms with Gasteiger partial charge in [-0.2, -0.15) is 0 Å². The minimum atomic E-state index is -0.963. The van der Waals surface area contributed by atoms with E-state index >= 15 is 0 Å². The summed E-state index contributed by atoms with van der Waals surface area (Å²) < 4.78 is 30.9. The summed E-state index contributed by atoms with van der Waals surface area (Å²) in [6, 6.07) is 3.38. The lowest BCUT2D eigenvalue weighted by Crippen LogP contribution is -1.83. The minimum absolute atomic E-state index is 0.0276. The van der Waals surface area contributed by atoms with Crippen molar-refractivity contribution in [3.05, 3.63) is 52.4 Å². The van der Waals surface area contributed by atoms with Gasteiger partial charge in [0.25, 0.3) is 0 Å². The average molecular weight is 236 g/mol. The molecule has 0 atom stereocenters. The number of benzene rings is 1. The molecule has 17 heavy (non-hydrogen) atoms. The topological polar surface area (TPSA) is 74.8 Å². The molecule has 5 nitrogen and oxygen atoms in total. The zero-order valence-corrected chi connectivity index (χ0v) is 8.47. The summed E-state index contributed by atoms with van der Waals surface area (Å²) in [4.78, 5) is 6.39. The number of azide groups is 1. The van der Waals surface area contributed by atoms with Crippen LogP contribution in [0.3, 0.4) is 0 Å². The van der Waals surface area contributed by atoms with Crippen LogP contribution < -0.4 is 0 Å². The maximum atomic E-state index is 13.0. The Hall–Kier alpha value is -2.40. The molecule has 0 aliphatic rings. The van der Waals surface area contributed by atoms with Gasteiger partial charge in [-0.05, 0) is 23.7 Å². The molecule has 0 unspecified atom stereocenters. The Morgan fingerprint density at radius 3 is 2.88 bits per heavy atom. The third-order valence-corrected chi connectivity index (χ3v) is 2.03. The minimum Gasteiger partial charge on any atom is -0.441 e. The van der Waals surface area contributed by atoms with Crippen molar-refractivity contribution < 1.29 is 13.2 Å². The molecule has 0 bridgehead atoms. The molecule has 1 heterocycles. The lowest BCUT2D eigenvalue weighted by molar-refractivity contribution is 0.500. The van der Waals surface area contributed by atoms with Crippen molar-refractivity contribution in [1.82, 2.24) is 4.98 Å². The quantitative estimate of drug-likeness (QED) is 0.465. The van der Waals surface area contributed by atoms with E-state index in [0.717, 1.165) is 12.1 Å². The van der Waals surface area contributed by atoms with Gasteiger partial charge in [-0.3, -0.25) is 0 Å². The van der Waals surface area contributed by atoms with E-state index in [4.69, 9.17) is 9.95 Å². The van der Waals surface area contributed by atoms with E-state index in [2.05, 4.69) is 15.0 Å². The lowest BCUT2D eigenvalue weighted by atomic mass is 10.2. The summed E-state index contributed by atoms with van der Waals surface area (Å²) in [5.74, 6) is -1.40. The van der Waals surface area contributed by atoms with Crippen LogP contribution >= 0.6 is 0 Å². The summed E-state index contributed by atoms with van der Waals surface area (Å²) in [5, 5.41) is 3.27. The fourth-order valence-corrected chi connectivity index (χ4v) is 1.26. The van der Waals surface area contributed by atoms with Crippen LogP contribution in [0.5, 0.6) is 0 Å². The van der Waals surface area contributed by atoms with Gasteiger partial charge in [-0.25, -0.2) is 13.8 Å². The first kappa shape index (κ1) is 11.1. The predicted octanol–water partition coefficient (Wildman–Crippen LogP) is 3.43. The second-order valence-electron chi connectivity index (χ2n) is 3.14. The molecule has 1 aromatic heterocycles.